The van der Waals surface area contributed by atoms with Gasteiger partial charge in [-0.25, -0.2) is 0 Å². The first-order valence-corrected chi connectivity index (χ1v) is 5.71. The molecule has 0 aliphatic heterocycles. The SMILES string of the molecule is C/C=C/CN(C)Cc1ccc(OC)c(OC)c1. The lowest BCUT2D eigenvalue weighted by atomic mass is 10.2. The molecular formula is C14H21NO2. The van der Waals surface area contributed by atoms with Crippen LogP contribution >= 0.6 is 0 Å². The van der Waals surface area contributed by atoms with E-state index in [-0.39, 0.29) is 0 Å². The van der Waals surface area contributed by atoms with Gasteiger partial charge in [0.1, 0.15) is 0 Å². The lowest BCUT2D eigenvalue weighted by Crippen LogP contribution is -2.17. The summed E-state index contributed by atoms with van der Waals surface area (Å²) in [5, 5.41) is 0. The molecule has 0 radical (unpaired) electrons. The van der Waals surface area contributed by atoms with Crippen LogP contribution in [0.25, 0.3) is 0 Å². The van der Waals surface area contributed by atoms with Crippen LogP contribution in [0.5, 0.6) is 11.5 Å². The Morgan fingerprint density at radius 2 is 1.88 bits per heavy atom. The van der Waals surface area contributed by atoms with Crippen molar-refractivity contribution in [2.24, 2.45) is 0 Å². The molecule has 17 heavy (non-hydrogen) atoms. The highest BCUT2D eigenvalue weighted by molar-refractivity contribution is 5.42. The summed E-state index contributed by atoms with van der Waals surface area (Å²) >= 11 is 0. The van der Waals surface area contributed by atoms with Gasteiger partial charge in [-0.2, -0.15) is 0 Å². The molecule has 94 valence electrons. The molecule has 0 amide bonds. The average molecular weight is 235 g/mol. The molecule has 0 unspecified atom stereocenters. The first-order valence-electron chi connectivity index (χ1n) is 5.71. The van der Waals surface area contributed by atoms with Gasteiger partial charge >= 0.3 is 0 Å². The van der Waals surface area contributed by atoms with Crippen LogP contribution in [0.2, 0.25) is 0 Å². The molecule has 0 atom stereocenters. The molecule has 0 saturated carbocycles. The molecule has 0 spiro atoms. The fourth-order valence-electron chi connectivity index (χ4n) is 1.64. The Kier molecular flexibility index (Phi) is 5.57. The molecule has 0 fully saturated rings. The van der Waals surface area contributed by atoms with E-state index in [4.69, 9.17) is 9.47 Å². The van der Waals surface area contributed by atoms with Gasteiger partial charge in [0.05, 0.1) is 14.2 Å². The van der Waals surface area contributed by atoms with Gasteiger partial charge in [0, 0.05) is 13.1 Å². The van der Waals surface area contributed by atoms with Crippen LogP contribution in [0.15, 0.2) is 30.4 Å². The van der Waals surface area contributed by atoms with Crippen molar-refractivity contribution in [2.75, 3.05) is 27.8 Å². The standard InChI is InChI=1S/C14H21NO2/c1-5-6-9-15(2)11-12-7-8-13(16-3)14(10-12)17-4/h5-8,10H,9,11H2,1-4H3/b6-5+. The zero-order valence-corrected chi connectivity index (χ0v) is 11.1. The second-order valence-electron chi connectivity index (χ2n) is 3.96. The first-order chi connectivity index (χ1) is 8.21. The van der Waals surface area contributed by atoms with Gasteiger partial charge in [0.25, 0.3) is 0 Å². The monoisotopic (exact) mass is 235 g/mol. The Labute approximate surface area is 104 Å². The van der Waals surface area contributed by atoms with E-state index < -0.39 is 0 Å². The molecule has 0 saturated heterocycles. The van der Waals surface area contributed by atoms with E-state index in [2.05, 4.69) is 30.2 Å². The van der Waals surface area contributed by atoms with Crippen LogP contribution in [0.3, 0.4) is 0 Å². The predicted molar refractivity (Wildman–Crippen MR) is 70.7 cm³/mol. The minimum absolute atomic E-state index is 0.771. The van der Waals surface area contributed by atoms with Crippen LogP contribution < -0.4 is 9.47 Å². The smallest absolute Gasteiger partial charge is 0.161 e. The second-order valence-corrected chi connectivity index (χ2v) is 3.96. The minimum Gasteiger partial charge on any atom is -0.493 e. The molecule has 1 aromatic carbocycles. The van der Waals surface area contributed by atoms with Gasteiger partial charge in [-0.3, -0.25) is 4.90 Å². The molecule has 0 aliphatic carbocycles. The normalized spacial score (nSPS) is 11.1. The number of rotatable bonds is 6. The fourth-order valence-corrected chi connectivity index (χ4v) is 1.64. The maximum absolute atomic E-state index is 5.28. The summed E-state index contributed by atoms with van der Waals surface area (Å²) in [7, 11) is 5.40. The topological polar surface area (TPSA) is 21.7 Å². The fraction of sp³-hybridized carbons (Fsp3) is 0.429. The molecule has 0 N–H and O–H groups in total. The lowest BCUT2D eigenvalue weighted by molar-refractivity contribution is 0.347. The Morgan fingerprint density at radius 1 is 1.18 bits per heavy atom. The van der Waals surface area contributed by atoms with Crippen molar-refractivity contribution in [2.45, 2.75) is 13.5 Å². The number of hydrogen-bond donors (Lipinski definition) is 0. The van der Waals surface area contributed by atoms with Gasteiger partial charge in [0.2, 0.25) is 0 Å². The summed E-state index contributed by atoms with van der Waals surface area (Å²) in [6, 6.07) is 6.02. The van der Waals surface area contributed by atoms with Crippen LogP contribution in [-0.4, -0.2) is 32.7 Å². The van der Waals surface area contributed by atoms with E-state index in [0.29, 0.717) is 0 Å². The number of likely N-dealkylation sites (N-methyl/N-ethyl adjacent to an activating group) is 1. The summed E-state index contributed by atoms with van der Waals surface area (Å²) in [6.45, 7) is 3.87. The van der Waals surface area contributed by atoms with Gasteiger partial charge < -0.3 is 9.47 Å². The van der Waals surface area contributed by atoms with Gasteiger partial charge in [-0.15, -0.1) is 0 Å². The number of benzene rings is 1. The number of allylic oxidation sites excluding steroid dienone is 1. The summed E-state index contributed by atoms with van der Waals surface area (Å²) in [5.41, 5.74) is 1.22. The van der Waals surface area contributed by atoms with E-state index in [0.717, 1.165) is 24.6 Å². The minimum atomic E-state index is 0.771. The van der Waals surface area contributed by atoms with E-state index in [1.807, 2.05) is 19.1 Å². The lowest BCUT2D eigenvalue weighted by Gasteiger charge is -2.16. The van der Waals surface area contributed by atoms with Crippen molar-refractivity contribution >= 4 is 0 Å². The predicted octanol–water partition coefficient (Wildman–Crippen LogP) is 2.71. The van der Waals surface area contributed by atoms with Crippen molar-refractivity contribution in [1.29, 1.82) is 0 Å². The highest BCUT2D eigenvalue weighted by Gasteiger charge is 2.05. The van der Waals surface area contributed by atoms with E-state index in [1.165, 1.54) is 5.56 Å². The Balaban J connectivity index is 2.71. The molecule has 0 aliphatic rings. The largest absolute Gasteiger partial charge is 0.493 e. The van der Waals surface area contributed by atoms with Gasteiger partial charge in [-0.1, -0.05) is 18.2 Å². The van der Waals surface area contributed by atoms with Crippen LogP contribution in [0.4, 0.5) is 0 Å². The summed E-state index contributed by atoms with van der Waals surface area (Å²) in [4.78, 5) is 2.24. The van der Waals surface area contributed by atoms with Crippen LogP contribution in [0, 0.1) is 0 Å². The molecule has 1 rings (SSSR count). The molecule has 1 aromatic rings. The van der Waals surface area contributed by atoms with Gasteiger partial charge in [-0.05, 0) is 31.7 Å². The summed E-state index contributed by atoms with van der Waals surface area (Å²) < 4.78 is 10.5. The molecule has 3 nitrogen and oxygen atoms in total. The molecule has 3 heteroatoms. The van der Waals surface area contributed by atoms with Crippen molar-refractivity contribution in [3.8, 4) is 11.5 Å². The van der Waals surface area contributed by atoms with E-state index in [9.17, 15) is 0 Å². The van der Waals surface area contributed by atoms with Crippen molar-refractivity contribution in [3.63, 3.8) is 0 Å². The van der Waals surface area contributed by atoms with Crippen molar-refractivity contribution in [3.05, 3.63) is 35.9 Å². The highest BCUT2D eigenvalue weighted by atomic mass is 16.5. The molecule has 0 aromatic heterocycles. The molecule has 0 heterocycles. The maximum atomic E-state index is 5.28. The van der Waals surface area contributed by atoms with E-state index in [1.54, 1.807) is 14.2 Å². The third kappa shape index (κ3) is 4.11. The average Bonchev–Trinajstić information content (AvgIpc) is 2.36. The second kappa shape index (κ2) is 6.97. The van der Waals surface area contributed by atoms with Gasteiger partial charge in [0.15, 0.2) is 11.5 Å². The van der Waals surface area contributed by atoms with Crippen LogP contribution in [0.1, 0.15) is 12.5 Å². The number of nitrogens with zero attached hydrogens (tertiary/aromatic N) is 1. The number of hydrogen-bond acceptors (Lipinski definition) is 3. The quantitative estimate of drug-likeness (QED) is 0.708. The van der Waals surface area contributed by atoms with Crippen molar-refractivity contribution < 1.29 is 9.47 Å². The Morgan fingerprint density at radius 3 is 2.47 bits per heavy atom. The third-order valence-corrected chi connectivity index (χ3v) is 2.55. The third-order valence-electron chi connectivity index (χ3n) is 2.55. The summed E-state index contributed by atoms with van der Waals surface area (Å²) in [6.07, 6.45) is 4.20. The Bertz CT molecular complexity index is 374. The Hall–Kier alpha value is -1.48. The van der Waals surface area contributed by atoms with Crippen LogP contribution in [-0.2, 0) is 6.54 Å². The first kappa shape index (κ1) is 13.6. The molecular weight excluding hydrogens is 214 g/mol. The number of methoxy groups -OCH3 is 2. The molecule has 0 bridgehead atoms. The highest BCUT2D eigenvalue weighted by Crippen LogP contribution is 2.27. The zero-order valence-electron chi connectivity index (χ0n) is 11.1. The number of ether oxygens (including phenoxy) is 2. The summed E-state index contributed by atoms with van der Waals surface area (Å²) in [5.74, 6) is 1.55. The van der Waals surface area contributed by atoms with Crippen molar-refractivity contribution in [1.82, 2.24) is 4.90 Å². The van der Waals surface area contributed by atoms with E-state index >= 15 is 0 Å². The maximum Gasteiger partial charge on any atom is 0.161 e. The zero-order chi connectivity index (χ0) is 12.7.